The van der Waals surface area contributed by atoms with Crippen LogP contribution in [0.15, 0.2) is 35.7 Å². The number of hydrogen-bond acceptors (Lipinski definition) is 8. The van der Waals surface area contributed by atoms with E-state index in [-0.39, 0.29) is 42.2 Å². The number of methoxy groups -OCH3 is 3. The third-order valence-corrected chi connectivity index (χ3v) is 5.82. The van der Waals surface area contributed by atoms with Crippen molar-refractivity contribution >= 4 is 42.1 Å². The number of carbonyl (C=O) groups excluding carboxylic acids is 1. The molecule has 0 spiro atoms. The van der Waals surface area contributed by atoms with Crippen LogP contribution in [0.4, 0.5) is 0 Å². The lowest BCUT2D eigenvalue weighted by Crippen LogP contribution is -2.27. The zero-order chi connectivity index (χ0) is 24.0. The van der Waals surface area contributed by atoms with Crippen LogP contribution in [0.5, 0.6) is 28.7 Å². The highest BCUT2D eigenvalue weighted by atomic mass is 35.5. The topological polar surface area (TPSA) is 96.1 Å². The third-order valence-electron chi connectivity index (χ3n) is 5.00. The minimum Gasteiger partial charge on any atom is -0.492 e. The molecular formula is C24H31Cl2N3O5S. The number of nitrogens with zero attached hydrogens (tertiary/aromatic N) is 2. The van der Waals surface area contributed by atoms with Crippen LogP contribution in [0, 0.1) is 6.92 Å². The Balaban J connectivity index is 0.00000306. The number of benzene rings is 2. The smallest absolute Gasteiger partial charge is 0.258 e. The van der Waals surface area contributed by atoms with Crippen LogP contribution in [0.3, 0.4) is 0 Å². The van der Waals surface area contributed by atoms with E-state index in [1.807, 2.05) is 36.6 Å². The second kappa shape index (κ2) is 14.0. The van der Waals surface area contributed by atoms with E-state index in [9.17, 15) is 4.79 Å². The predicted molar refractivity (Wildman–Crippen MR) is 143 cm³/mol. The molecule has 0 fully saturated rings. The van der Waals surface area contributed by atoms with Gasteiger partial charge in [-0.1, -0.05) is 12.1 Å². The second-order valence-corrected chi connectivity index (χ2v) is 8.39. The number of aromatic nitrogens is 1. The Kier molecular flexibility index (Phi) is 12.1. The average Bonchev–Trinajstić information content (AvgIpc) is 3.23. The van der Waals surface area contributed by atoms with E-state index in [0.717, 1.165) is 22.7 Å². The first kappa shape index (κ1) is 30.3. The lowest BCUT2D eigenvalue weighted by atomic mass is 10.1. The number of nitrogens with two attached hydrogens (primary N) is 1. The van der Waals surface area contributed by atoms with Crippen molar-refractivity contribution < 1.29 is 23.7 Å². The van der Waals surface area contributed by atoms with Crippen LogP contribution in [0.2, 0.25) is 0 Å². The number of thiazole rings is 1. The first-order valence-corrected chi connectivity index (χ1v) is 11.3. The van der Waals surface area contributed by atoms with Gasteiger partial charge in [0.05, 0.1) is 44.1 Å². The minimum absolute atomic E-state index is 0. The van der Waals surface area contributed by atoms with Gasteiger partial charge >= 0.3 is 0 Å². The van der Waals surface area contributed by atoms with E-state index in [0.29, 0.717) is 35.9 Å². The maximum atomic E-state index is 13.4. The number of ether oxygens (including phenoxy) is 4. The Morgan fingerprint density at radius 1 is 1.03 bits per heavy atom. The van der Waals surface area contributed by atoms with E-state index in [4.69, 9.17) is 24.7 Å². The summed E-state index contributed by atoms with van der Waals surface area (Å²) >= 11 is 1.54. The first-order chi connectivity index (χ1) is 15.9. The van der Waals surface area contributed by atoms with Crippen molar-refractivity contribution in [2.75, 3.05) is 34.9 Å². The van der Waals surface area contributed by atoms with Gasteiger partial charge in [-0.15, -0.1) is 36.2 Å². The Hall–Kier alpha value is -2.72. The van der Waals surface area contributed by atoms with Gasteiger partial charge < -0.3 is 29.6 Å². The molecule has 1 aromatic heterocycles. The van der Waals surface area contributed by atoms with Crippen molar-refractivity contribution in [3.8, 4) is 28.7 Å². The Morgan fingerprint density at radius 2 is 1.66 bits per heavy atom. The summed E-state index contributed by atoms with van der Waals surface area (Å²) < 4.78 is 22.8. The molecule has 0 saturated heterocycles. The molecular weight excluding hydrogens is 513 g/mol. The summed E-state index contributed by atoms with van der Waals surface area (Å²) in [4.78, 5) is 19.4. The van der Waals surface area contributed by atoms with Crippen molar-refractivity contribution in [3.05, 3.63) is 57.5 Å². The van der Waals surface area contributed by atoms with Gasteiger partial charge in [0.1, 0.15) is 5.75 Å². The van der Waals surface area contributed by atoms with Crippen LogP contribution < -0.4 is 24.7 Å². The van der Waals surface area contributed by atoms with Gasteiger partial charge in [-0.3, -0.25) is 4.79 Å². The highest BCUT2D eigenvalue weighted by molar-refractivity contribution is 7.09. The number of halogens is 2. The number of amides is 1. The third kappa shape index (κ3) is 7.14. The quantitative estimate of drug-likeness (QED) is 0.389. The van der Waals surface area contributed by atoms with Gasteiger partial charge in [-0.05, 0) is 37.6 Å². The van der Waals surface area contributed by atoms with Crippen LogP contribution in [-0.4, -0.2) is 50.7 Å². The summed E-state index contributed by atoms with van der Waals surface area (Å²) in [6, 6.07) is 9.20. The number of rotatable bonds is 10. The van der Waals surface area contributed by atoms with Crippen molar-refractivity contribution in [3.63, 3.8) is 0 Å². The van der Waals surface area contributed by atoms with Crippen molar-refractivity contribution in [2.45, 2.75) is 19.9 Å². The maximum Gasteiger partial charge on any atom is 0.258 e. The normalized spacial score (nSPS) is 10.0. The molecule has 2 aromatic carbocycles. The van der Waals surface area contributed by atoms with Gasteiger partial charge in [0.25, 0.3) is 5.91 Å². The van der Waals surface area contributed by atoms with Crippen LogP contribution in [0.25, 0.3) is 0 Å². The van der Waals surface area contributed by atoms with Gasteiger partial charge in [0.2, 0.25) is 11.5 Å². The molecule has 192 valence electrons. The molecule has 0 atom stereocenters. The lowest BCUT2D eigenvalue weighted by Gasteiger charge is -2.22. The molecule has 3 rings (SSSR count). The average molecular weight is 545 g/mol. The lowest BCUT2D eigenvalue weighted by molar-refractivity contribution is 0.0779. The second-order valence-electron chi connectivity index (χ2n) is 7.33. The van der Waals surface area contributed by atoms with Crippen molar-refractivity contribution in [1.82, 2.24) is 9.88 Å². The molecule has 11 heteroatoms. The van der Waals surface area contributed by atoms with E-state index in [1.165, 1.54) is 21.3 Å². The van der Waals surface area contributed by atoms with E-state index in [1.54, 1.807) is 29.4 Å². The highest BCUT2D eigenvalue weighted by Gasteiger charge is 2.27. The standard InChI is InChI=1S/C24H29N3O5S.2ClH/c1-15-26-17(14-33-15)13-27(2)24(28)19-12-20(22(30-4)23(31-5)21(19)29-3)32-18-8-6-16(7-9-18)10-11-25;;/h6-9,12,14H,10-11,13,25H2,1-5H3;2*1H. The summed E-state index contributed by atoms with van der Waals surface area (Å²) in [5, 5.41) is 2.89. The molecule has 1 heterocycles. The van der Waals surface area contributed by atoms with Crippen LogP contribution >= 0.6 is 36.2 Å². The molecule has 8 nitrogen and oxygen atoms in total. The molecule has 0 aliphatic heterocycles. The molecule has 1 amide bonds. The SMILES string of the molecule is COc1c(Oc2ccc(CCN)cc2)cc(C(=O)N(C)Cc2csc(C)n2)c(OC)c1OC.Cl.Cl. The number of aryl methyl sites for hydroxylation is 1. The zero-order valence-electron chi connectivity index (χ0n) is 20.3. The molecule has 0 bridgehead atoms. The summed E-state index contributed by atoms with van der Waals surface area (Å²) in [7, 11) is 6.19. The van der Waals surface area contributed by atoms with Crippen molar-refractivity contribution in [1.29, 1.82) is 0 Å². The first-order valence-electron chi connectivity index (χ1n) is 10.4. The molecule has 0 saturated carbocycles. The van der Waals surface area contributed by atoms with Gasteiger partial charge in [0, 0.05) is 18.5 Å². The van der Waals surface area contributed by atoms with Crippen LogP contribution in [0.1, 0.15) is 26.6 Å². The summed E-state index contributed by atoms with van der Waals surface area (Å²) in [6.07, 6.45) is 0.781. The van der Waals surface area contributed by atoms with Gasteiger partial charge in [-0.2, -0.15) is 0 Å². The molecule has 0 unspecified atom stereocenters. The summed E-state index contributed by atoms with van der Waals surface area (Å²) in [6.45, 7) is 2.86. The van der Waals surface area contributed by atoms with E-state index in [2.05, 4.69) is 4.98 Å². The molecule has 2 N–H and O–H groups in total. The number of carbonyl (C=O) groups is 1. The molecule has 35 heavy (non-hydrogen) atoms. The molecule has 0 aliphatic carbocycles. The van der Waals surface area contributed by atoms with Crippen molar-refractivity contribution in [2.24, 2.45) is 5.73 Å². The fourth-order valence-corrected chi connectivity index (χ4v) is 4.04. The molecule has 0 radical (unpaired) electrons. The van der Waals surface area contributed by atoms with E-state index >= 15 is 0 Å². The Morgan fingerprint density at radius 3 is 2.17 bits per heavy atom. The largest absolute Gasteiger partial charge is 0.492 e. The zero-order valence-corrected chi connectivity index (χ0v) is 22.8. The highest BCUT2D eigenvalue weighted by Crippen LogP contribution is 2.48. The summed E-state index contributed by atoms with van der Waals surface area (Å²) in [5.74, 6) is 1.54. The predicted octanol–water partition coefficient (Wildman–Crippen LogP) is 4.89. The summed E-state index contributed by atoms with van der Waals surface area (Å²) in [5.41, 5.74) is 7.85. The Bertz CT molecular complexity index is 1110. The number of hydrogen-bond donors (Lipinski definition) is 1. The fourth-order valence-electron chi connectivity index (χ4n) is 3.43. The maximum absolute atomic E-state index is 13.4. The van der Waals surface area contributed by atoms with Gasteiger partial charge in [0.15, 0.2) is 11.5 Å². The van der Waals surface area contributed by atoms with Gasteiger partial charge in [-0.25, -0.2) is 4.98 Å². The fraction of sp³-hybridized carbons (Fsp3) is 0.333. The van der Waals surface area contributed by atoms with E-state index < -0.39 is 0 Å². The molecule has 0 aliphatic rings. The minimum atomic E-state index is -0.262. The Labute approximate surface area is 222 Å². The monoisotopic (exact) mass is 543 g/mol. The van der Waals surface area contributed by atoms with Crippen LogP contribution in [-0.2, 0) is 13.0 Å². The molecule has 3 aromatic rings.